The standard InChI is InChI=1S/C17H14O8/c1-8-7-24-17(14(8)20,16(21)23-3)12-13(19)11-9(18)5-4-6-10(11)25-15(12)22-2/h4-7,18H,1-3H3/t17-/m0/s1. The molecule has 0 aliphatic carbocycles. The maximum atomic E-state index is 13.0. The molecule has 0 spiro atoms. The summed E-state index contributed by atoms with van der Waals surface area (Å²) >= 11 is 0. The Kier molecular flexibility index (Phi) is 3.75. The minimum absolute atomic E-state index is 0.0285. The van der Waals surface area contributed by atoms with Gasteiger partial charge in [0.05, 0.1) is 20.5 Å². The number of carbonyl (C=O) groups is 2. The molecule has 0 bridgehead atoms. The highest BCUT2D eigenvalue weighted by atomic mass is 16.6. The van der Waals surface area contributed by atoms with Gasteiger partial charge in [0.1, 0.15) is 22.3 Å². The van der Waals surface area contributed by atoms with Crippen molar-refractivity contribution in [2.75, 3.05) is 14.2 Å². The Bertz CT molecular complexity index is 984. The average Bonchev–Trinajstić information content (AvgIpc) is 2.90. The number of esters is 1. The van der Waals surface area contributed by atoms with Gasteiger partial charge in [0.2, 0.25) is 11.2 Å². The van der Waals surface area contributed by atoms with Crippen molar-refractivity contribution in [1.29, 1.82) is 0 Å². The SMILES string of the molecule is COC(=O)[C@@]1(c2c(OC)oc3cccc(O)c3c2=O)OC=C(C)C1=O. The first-order valence-corrected chi connectivity index (χ1v) is 7.19. The minimum atomic E-state index is -2.39. The molecule has 0 saturated carbocycles. The molecule has 0 amide bonds. The van der Waals surface area contributed by atoms with Gasteiger partial charge in [-0.05, 0) is 19.1 Å². The molecule has 1 aliphatic rings. The maximum absolute atomic E-state index is 13.0. The van der Waals surface area contributed by atoms with Crippen molar-refractivity contribution >= 4 is 22.7 Å². The van der Waals surface area contributed by atoms with E-state index in [1.807, 2.05) is 0 Å². The molecule has 2 aromatic rings. The molecule has 0 saturated heterocycles. The van der Waals surface area contributed by atoms with Gasteiger partial charge in [-0.2, -0.15) is 0 Å². The summed E-state index contributed by atoms with van der Waals surface area (Å²) in [5.74, 6) is -2.64. The third-order valence-electron chi connectivity index (χ3n) is 3.97. The van der Waals surface area contributed by atoms with E-state index in [0.717, 1.165) is 13.4 Å². The Morgan fingerprint density at radius 3 is 2.52 bits per heavy atom. The molecular formula is C17H14O8. The Morgan fingerprint density at radius 1 is 1.24 bits per heavy atom. The summed E-state index contributed by atoms with van der Waals surface area (Å²) in [6, 6.07) is 4.19. The van der Waals surface area contributed by atoms with Crippen molar-refractivity contribution in [3.8, 4) is 11.7 Å². The molecule has 1 aliphatic heterocycles. The first-order chi connectivity index (χ1) is 11.9. The van der Waals surface area contributed by atoms with Gasteiger partial charge in [0.25, 0.3) is 5.95 Å². The van der Waals surface area contributed by atoms with Crippen molar-refractivity contribution in [3.63, 3.8) is 0 Å². The molecule has 0 unspecified atom stereocenters. The second-order valence-corrected chi connectivity index (χ2v) is 5.37. The Labute approximate surface area is 141 Å². The predicted molar refractivity (Wildman–Crippen MR) is 84.2 cm³/mol. The van der Waals surface area contributed by atoms with Crippen molar-refractivity contribution in [3.05, 3.63) is 45.8 Å². The van der Waals surface area contributed by atoms with Crippen LogP contribution in [0, 0.1) is 0 Å². The molecule has 1 aromatic carbocycles. The van der Waals surface area contributed by atoms with Crippen LogP contribution < -0.4 is 10.2 Å². The Hall–Kier alpha value is -3.29. The number of ketones is 1. The fraction of sp³-hybridized carbons (Fsp3) is 0.235. The molecule has 1 aromatic heterocycles. The quantitative estimate of drug-likeness (QED) is 0.655. The van der Waals surface area contributed by atoms with Gasteiger partial charge < -0.3 is 23.7 Å². The monoisotopic (exact) mass is 346 g/mol. The third kappa shape index (κ3) is 2.10. The lowest BCUT2D eigenvalue weighted by Crippen LogP contribution is -2.47. The van der Waals surface area contributed by atoms with Gasteiger partial charge in [0, 0.05) is 5.57 Å². The van der Waals surface area contributed by atoms with Gasteiger partial charge in [-0.15, -0.1) is 0 Å². The van der Waals surface area contributed by atoms with Gasteiger partial charge >= 0.3 is 11.6 Å². The van der Waals surface area contributed by atoms with Crippen LogP contribution in [0.25, 0.3) is 11.0 Å². The Morgan fingerprint density at radius 2 is 1.96 bits per heavy atom. The fourth-order valence-electron chi connectivity index (χ4n) is 2.77. The van der Waals surface area contributed by atoms with Crippen LogP contribution in [0.1, 0.15) is 12.5 Å². The molecule has 0 radical (unpaired) electrons. The zero-order valence-corrected chi connectivity index (χ0v) is 13.6. The van der Waals surface area contributed by atoms with Crippen molar-refractivity contribution in [1.82, 2.24) is 0 Å². The molecule has 8 heteroatoms. The van der Waals surface area contributed by atoms with E-state index < -0.39 is 28.3 Å². The third-order valence-corrected chi connectivity index (χ3v) is 3.97. The number of methoxy groups -OCH3 is 2. The first kappa shape index (κ1) is 16.6. The highest BCUT2D eigenvalue weighted by molar-refractivity contribution is 6.17. The lowest BCUT2D eigenvalue weighted by Gasteiger charge is -2.25. The van der Waals surface area contributed by atoms with Crippen LogP contribution in [0.5, 0.6) is 11.7 Å². The molecule has 130 valence electrons. The summed E-state index contributed by atoms with van der Waals surface area (Å²) in [6.45, 7) is 1.43. The van der Waals surface area contributed by atoms with Crippen molar-refractivity contribution < 1.29 is 33.3 Å². The molecule has 0 fully saturated rings. The molecule has 25 heavy (non-hydrogen) atoms. The number of carbonyl (C=O) groups excluding carboxylic acids is 2. The number of phenolic OH excluding ortho intramolecular Hbond substituents is 1. The number of ether oxygens (including phenoxy) is 3. The number of hydrogen-bond donors (Lipinski definition) is 1. The normalized spacial score (nSPS) is 19.5. The van der Waals surface area contributed by atoms with E-state index >= 15 is 0 Å². The van der Waals surface area contributed by atoms with Crippen molar-refractivity contribution in [2.45, 2.75) is 12.5 Å². The second-order valence-electron chi connectivity index (χ2n) is 5.37. The van der Waals surface area contributed by atoms with Gasteiger partial charge in [0.15, 0.2) is 0 Å². The van der Waals surface area contributed by atoms with Crippen LogP contribution in [0.4, 0.5) is 0 Å². The van der Waals surface area contributed by atoms with E-state index in [1.165, 1.54) is 32.2 Å². The zero-order valence-electron chi connectivity index (χ0n) is 13.6. The van der Waals surface area contributed by atoms with E-state index in [9.17, 15) is 19.5 Å². The Balaban J connectivity index is 2.46. The molecule has 2 heterocycles. The largest absolute Gasteiger partial charge is 0.507 e. The summed E-state index contributed by atoms with van der Waals surface area (Å²) in [4.78, 5) is 38.1. The summed E-state index contributed by atoms with van der Waals surface area (Å²) in [5.41, 5.74) is -3.57. The van der Waals surface area contributed by atoms with E-state index in [0.29, 0.717) is 0 Å². The number of hydrogen-bond acceptors (Lipinski definition) is 8. The number of Topliss-reactive ketones (excluding diaryl/α,β-unsaturated/α-hetero) is 1. The van der Waals surface area contributed by atoms with Crippen molar-refractivity contribution in [2.24, 2.45) is 0 Å². The van der Waals surface area contributed by atoms with E-state index in [2.05, 4.69) is 0 Å². The van der Waals surface area contributed by atoms with Crippen LogP contribution in [-0.2, 0) is 24.7 Å². The fourth-order valence-corrected chi connectivity index (χ4v) is 2.77. The average molecular weight is 346 g/mol. The molecular weight excluding hydrogens is 332 g/mol. The van der Waals surface area contributed by atoms with Crippen LogP contribution in [0.15, 0.2) is 39.2 Å². The highest BCUT2D eigenvalue weighted by Gasteiger charge is 2.58. The summed E-state index contributed by atoms with van der Waals surface area (Å²) < 4.78 is 20.6. The van der Waals surface area contributed by atoms with E-state index in [4.69, 9.17) is 18.6 Å². The first-order valence-electron chi connectivity index (χ1n) is 7.19. The molecule has 8 nitrogen and oxygen atoms in total. The number of phenols is 1. The number of aromatic hydroxyl groups is 1. The summed E-state index contributed by atoms with van der Waals surface area (Å²) in [7, 11) is 2.27. The summed E-state index contributed by atoms with van der Waals surface area (Å²) in [6.07, 6.45) is 1.06. The number of benzene rings is 1. The van der Waals surface area contributed by atoms with Crippen LogP contribution >= 0.6 is 0 Å². The number of rotatable bonds is 3. The van der Waals surface area contributed by atoms with E-state index in [1.54, 1.807) is 0 Å². The topological polar surface area (TPSA) is 112 Å². The minimum Gasteiger partial charge on any atom is -0.507 e. The predicted octanol–water partition coefficient (Wildman–Crippen LogP) is 1.38. The smallest absolute Gasteiger partial charge is 0.363 e. The molecule has 1 atom stereocenters. The van der Waals surface area contributed by atoms with Crippen LogP contribution in [0.3, 0.4) is 0 Å². The van der Waals surface area contributed by atoms with E-state index in [-0.39, 0.29) is 28.2 Å². The maximum Gasteiger partial charge on any atom is 0.363 e. The van der Waals surface area contributed by atoms with Gasteiger partial charge in [-0.3, -0.25) is 9.59 Å². The molecule has 3 rings (SSSR count). The lowest BCUT2D eigenvalue weighted by molar-refractivity contribution is -0.166. The van der Waals surface area contributed by atoms with Gasteiger partial charge in [-0.1, -0.05) is 6.07 Å². The zero-order chi connectivity index (χ0) is 18.4. The second kappa shape index (κ2) is 5.66. The molecule has 1 N–H and O–H groups in total. The van der Waals surface area contributed by atoms with Crippen LogP contribution in [0.2, 0.25) is 0 Å². The lowest BCUT2D eigenvalue weighted by atomic mass is 9.87. The van der Waals surface area contributed by atoms with Crippen LogP contribution in [-0.4, -0.2) is 31.1 Å². The van der Waals surface area contributed by atoms with Gasteiger partial charge in [-0.25, -0.2) is 4.79 Å². The highest BCUT2D eigenvalue weighted by Crippen LogP contribution is 2.41. The number of fused-ring (bicyclic) bond motifs is 1. The summed E-state index contributed by atoms with van der Waals surface area (Å²) in [5, 5.41) is 9.82.